The summed E-state index contributed by atoms with van der Waals surface area (Å²) in [6.45, 7) is 2.73. The standard InChI is InChI=1S/C10H19NO/c1-10(9-11-12)7-5-3-2-4-6-8-10/h2-9H2,1H3. The maximum Gasteiger partial charge on any atom is 0.0864 e. The molecular formula is C10H19NO. The molecule has 1 saturated carbocycles. The van der Waals surface area contributed by atoms with E-state index in [1.165, 1.54) is 44.9 Å². The van der Waals surface area contributed by atoms with Gasteiger partial charge in [-0.2, -0.15) is 4.91 Å². The first-order valence-corrected chi connectivity index (χ1v) is 5.06. The van der Waals surface area contributed by atoms with Crippen molar-refractivity contribution in [3.63, 3.8) is 0 Å². The van der Waals surface area contributed by atoms with Crippen LogP contribution in [-0.4, -0.2) is 6.54 Å². The van der Waals surface area contributed by atoms with Gasteiger partial charge in [-0.15, -0.1) is 0 Å². The van der Waals surface area contributed by atoms with Gasteiger partial charge < -0.3 is 0 Å². The Morgan fingerprint density at radius 2 is 1.58 bits per heavy atom. The average Bonchev–Trinajstić information content (AvgIpc) is 1.99. The molecule has 0 aromatic rings. The van der Waals surface area contributed by atoms with Crippen molar-refractivity contribution < 1.29 is 0 Å². The lowest BCUT2D eigenvalue weighted by Crippen LogP contribution is -2.21. The van der Waals surface area contributed by atoms with Crippen molar-refractivity contribution in [2.75, 3.05) is 6.54 Å². The highest BCUT2D eigenvalue weighted by Crippen LogP contribution is 2.33. The number of nitroso groups, excluding NO2 is 1. The van der Waals surface area contributed by atoms with Gasteiger partial charge in [-0.25, -0.2) is 0 Å². The van der Waals surface area contributed by atoms with E-state index in [1.54, 1.807) is 0 Å². The number of rotatable bonds is 2. The quantitative estimate of drug-likeness (QED) is 0.582. The van der Waals surface area contributed by atoms with E-state index < -0.39 is 0 Å². The van der Waals surface area contributed by atoms with Gasteiger partial charge in [-0.3, -0.25) is 0 Å². The summed E-state index contributed by atoms with van der Waals surface area (Å²) in [5.41, 5.74) is 0.224. The summed E-state index contributed by atoms with van der Waals surface area (Å²) >= 11 is 0. The first-order valence-electron chi connectivity index (χ1n) is 5.06. The zero-order chi connectivity index (χ0) is 8.86. The molecule has 0 spiro atoms. The second kappa shape index (κ2) is 4.58. The molecule has 12 heavy (non-hydrogen) atoms. The number of nitrogens with zero attached hydrogens (tertiary/aromatic N) is 1. The van der Waals surface area contributed by atoms with Gasteiger partial charge in [0.25, 0.3) is 0 Å². The van der Waals surface area contributed by atoms with E-state index in [4.69, 9.17) is 0 Å². The maximum absolute atomic E-state index is 10.2. The van der Waals surface area contributed by atoms with Gasteiger partial charge in [0.2, 0.25) is 0 Å². The third kappa shape index (κ3) is 2.92. The molecule has 1 aliphatic rings. The highest BCUT2D eigenvalue weighted by Gasteiger charge is 2.24. The van der Waals surface area contributed by atoms with Gasteiger partial charge in [-0.1, -0.05) is 44.2 Å². The summed E-state index contributed by atoms with van der Waals surface area (Å²) in [5.74, 6) is 0. The predicted molar refractivity (Wildman–Crippen MR) is 51.1 cm³/mol. The number of hydrogen-bond acceptors (Lipinski definition) is 2. The van der Waals surface area contributed by atoms with Crippen LogP contribution in [0.25, 0.3) is 0 Å². The van der Waals surface area contributed by atoms with E-state index in [9.17, 15) is 4.91 Å². The molecule has 0 aromatic carbocycles. The first kappa shape index (κ1) is 9.69. The Morgan fingerprint density at radius 1 is 1.08 bits per heavy atom. The minimum atomic E-state index is 0.224. The molecule has 0 aliphatic heterocycles. The summed E-state index contributed by atoms with van der Waals surface area (Å²) in [7, 11) is 0. The largest absolute Gasteiger partial charge is 0.151 e. The smallest absolute Gasteiger partial charge is 0.0864 e. The van der Waals surface area contributed by atoms with E-state index in [1.807, 2.05) is 0 Å². The monoisotopic (exact) mass is 169 g/mol. The lowest BCUT2D eigenvalue weighted by Gasteiger charge is -2.28. The first-order chi connectivity index (χ1) is 5.77. The topological polar surface area (TPSA) is 29.4 Å². The molecule has 0 amide bonds. The van der Waals surface area contributed by atoms with Crippen LogP contribution in [0.15, 0.2) is 5.18 Å². The second-order valence-electron chi connectivity index (χ2n) is 4.37. The van der Waals surface area contributed by atoms with Gasteiger partial charge in [0.05, 0.1) is 6.54 Å². The molecule has 1 fully saturated rings. The molecule has 1 aliphatic carbocycles. The van der Waals surface area contributed by atoms with Crippen LogP contribution in [0.5, 0.6) is 0 Å². The highest BCUT2D eigenvalue weighted by atomic mass is 16.3. The molecule has 0 atom stereocenters. The lowest BCUT2D eigenvalue weighted by molar-refractivity contribution is 0.247. The van der Waals surface area contributed by atoms with Crippen LogP contribution in [-0.2, 0) is 0 Å². The molecular weight excluding hydrogens is 150 g/mol. The van der Waals surface area contributed by atoms with Crippen molar-refractivity contribution in [2.24, 2.45) is 10.6 Å². The van der Waals surface area contributed by atoms with Gasteiger partial charge in [0.15, 0.2) is 0 Å². The number of hydrogen-bond donors (Lipinski definition) is 0. The van der Waals surface area contributed by atoms with Crippen molar-refractivity contribution in [3.05, 3.63) is 4.91 Å². The maximum atomic E-state index is 10.2. The highest BCUT2D eigenvalue weighted by molar-refractivity contribution is 4.78. The molecule has 0 heterocycles. The molecule has 0 radical (unpaired) electrons. The Labute approximate surface area is 74.7 Å². The van der Waals surface area contributed by atoms with E-state index in [-0.39, 0.29) is 5.41 Å². The molecule has 0 aromatic heterocycles. The summed E-state index contributed by atoms with van der Waals surface area (Å²) in [5, 5.41) is 3.05. The Bertz CT molecular complexity index is 137. The Balaban J connectivity index is 2.41. The van der Waals surface area contributed by atoms with E-state index >= 15 is 0 Å². The molecule has 0 bridgehead atoms. The normalized spacial score (nSPS) is 24.1. The molecule has 70 valence electrons. The van der Waals surface area contributed by atoms with Crippen LogP contribution >= 0.6 is 0 Å². The minimum absolute atomic E-state index is 0.224. The third-order valence-corrected chi connectivity index (χ3v) is 3.01. The second-order valence-corrected chi connectivity index (χ2v) is 4.37. The van der Waals surface area contributed by atoms with Crippen LogP contribution in [0.2, 0.25) is 0 Å². The fourth-order valence-electron chi connectivity index (χ4n) is 2.07. The van der Waals surface area contributed by atoms with Crippen LogP contribution < -0.4 is 0 Å². The summed E-state index contributed by atoms with van der Waals surface area (Å²) in [6, 6.07) is 0. The summed E-state index contributed by atoms with van der Waals surface area (Å²) in [4.78, 5) is 10.2. The summed E-state index contributed by atoms with van der Waals surface area (Å²) in [6.07, 6.45) is 9.02. The third-order valence-electron chi connectivity index (χ3n) is 3.01. The lowest BCUT2D eigenvalue weighted by atomic mass is 9.78. The van der Waals surface area contributed by atoms with Gasteiger partial charge in [-0.05, 0) is 18.3 Å². The molecule has 1 rings (SSSR count). The van der Waals surface area contributed by atoms with Crippen molar-refractivity contribution in [2.45, 2.75) is 51.9 Å². The van der Waals surface area contributed by atoms with Crippen LogP contribution in [0, 0.1) is 10.3 Å². The van der Waals surface area contributed by atoms with Gasteiger partial charge in [0.1, 0.15) is 0 Å². The molecule has 0 unspecified atom stereocenters. The average molecular weight is 169 g/mol. The van der Waals surface area contributed by atoms with Gasteiger partial charge >= 0.3 is 0 Å². The van der Waals surface area contributed by atoms with Crippen LogP contribution in [0.1, 0.15) is 51.9 Å². The fraction of sp³-hybridized carbons (Fsp3) is 1.00. The Morgan fingerprint density at radius 3 is 2.08 bits per heavy atom. The fourth-order valence-corrected chi connectivity index (χ4v) is 2.07. The van der Waals surface area contributed by atoms with Crippen molar-refractivity contribution >= 4 is 0 Å². The summed E-state index contributed by atoms with van der Waals surface area (Å²) < 4.78 is 0. The van der Waals surface area contributed by atoms with E-state index in [2.05, 4.69) is 12.1 Å². The molecule has 0 N–H and O–H groups in total. The van der Waals surface area contributed by atoms with Crippen molar-refractivity contribution in [3.8, 4) is 0 Å². The zero-order valence-corrected chi connectivity index (χ0v) is 8.01. The van der Waals surface area contributed by atoms with Crippen LogP contribution in [0.3, 0.4) is 0 Å². The SMILES string of the molecule is CC1(CN=O)CCCCCCC1. The Kier molecular flexibility index (Phi) is 3.70. The molecule has 2 nitrogen and oxygen atoms in total. The van der Waals surface area contributed by atoms with Crippen molar-refractivity contribution in [1.29, 1.82) is 0 Å². The molecule has 0 saturated heterocycles. The van der Waals surface area contributed by atoms with Crippen LogP contribution in [0.4, 0.5) is 0 Å². The zero-order valence-electron chi connectivity index (χ0n) is 8.01. The van der Waals surface area contributed by atoms with Crippen molar-refractivity contribution in [1.82, 2.24) is 0 Å². The minimum Gasteiger partial charge on any atom is -0.151 e. The van der Waals surface area contributed by atoms with Gasteiger partial charge in [0, 0.05) is 0 Å². The predicted octanol–water partition coefficient (Wildman–Crippen LogP) is 3.50. The van der Waals surface area contributed by atoms with E-state index in [0.29, 0.717) is 6.54 Å². The van der Waals surface area contributed by atoms with E-state index in [0.717, 1.165) is 0 Å². The Hall–Kier alpha value is -0.400. The molecule has 2 heteroatoms.